The van der Waals surface area contributed by atoms with E-state index in [0.717, 1.165) is 52.0 Å². The summed E-state index contributed by atoms with van der Waals surface area (Å²) in [5, 5.41) is 0. The van der Waals surface area contributed by atoms with Crippen molar-refractivity contribution in [1.29, 1.82) is 0 Å². The monoisotopic (exact) mass is 302 g/mol. The van der Waals surface area contributed by atoms with Gasteiger partial charge in [0, 0.05) is 26.7 Å². The number of methoxy groups -OCH3 is 1. The lowest BCUT2D eigenvalue weighted by molar-refractivity contribution is -0.136. The zero-order valence-corrected chi connectivity index (χ0v) is 13.4. The van der Waals surface area contributed by atoms with E-state index in [1.807, 2.05) is 6.07 Å². The third kappa shape index (κ3) is 3.33. The van der Waals surface area contributed by atoms with Gasteiger partial charge in [0.05, 0.1) is 18.6 Å². The molecule has 2 saturated heterocycles. The van der Waals surface area contributed by atoms with Gasteiger partial charge < -0.3 is 14.5 Å². The molecular formula is C18H26N2O2. The normalized spacial score (nSPS) is 25.8. The largest absolute Gasteiger partial charge is 0.383 e. The molecule has 0 radical (unpaired) electrons. The highest BCUT2D eigenvalue weighted by Gasteiger charge is 2.36. The maximum Gasteiger partial charge on any atom is 0.227 e. The zero-order valence-electron chi connectivity index (χ0n) is 13.4. The Hall–Kier alpha value is -1.39. The maximum atomic E-state index is 12.9. The average Bonchev–Trinajstić information content (AvgIpc) is 3.22. The number of amides is 1. The first-order valence-electron chi connectivity index (χ1n) is 8.36. The third-order valence-electron chi connectivity index (χ3n) is 4.95. The van der Waals surface area contributed by atoms with E-state index >= 15 is 0 Å². The predicted molar refractivity (Wildman–Crippen MR) is 86.6 cm³/mol. The van der Waals surface area contributed by atoms with Crippen LogP contribution in [0.3, 0.4) is 0 Å². The van der Waals surface area contributed by atoms with E-state index in [1.54, 1.807) is 7.11 Å². The number of benzene rings is 1. The fourth-order valence-corrected chi connectivity index (χ4v) is 3.74. The predicted octanol–water partition coefficient (Wildman–Crippen LogP) is 2.32. The van der Waals surface area contributed by atoms with Gasteiger partial charge in [-0.3, -0.25) is 4.79 Å². The molecule has 0 aromatic heterocycles. The van der Waals surface area contributed by atoms with Gasteiger partial charge in [0.15, 0.2) is 0 Å². The molecule has 1 aromatic carbocycles. The standard InChI is InChI=1S/C18H26N2O2/c1-22-13-12-19-11-9-16(14-19)18(21)20-10-5-8-17(20)15-6-3-2-4-7-15/h2-4,6-7,16-17H,5,8-14H2,1H3/t16-,17-/m1/s1. The Morgan fingerprint density at radius 2 is 2.05 bits per heavy atom. The highest BCUT2D eigenvalue weighted by Crippen LogP contribution is 2.34. The molecule has 0 saturated carbocycles. The lowest BCUT2D eigenvalue weighted by atomic mass is 10.0. The topological polar surface area (TPSA) is 32.8 Å². The average molecular weight is 302 g/mol. The molecule has 2 aliphatic heterocycles. The van der Waals surface area contributed by atoms with Gasteiger partial charge in [0.1, 0.15) is 0 Å². The Balaban J connectivity index is 1.62. The van der Waals surface area contributed by atoms with Crippen molar-refractivity contribution in [2.75, 3.05) is 39.9 Å². The Bertz CT molecular complexity index is 491. The summed E-state index contributed by atoms with van der Waals surface area (Å²) in [6.07, 6.45) is 3.20. The highest BCUT2D eigenvalue weighted by atomic mass is 16.5. The minimum absolute atomic E-state index is 0.168. The highest BCUT2D eigenvalue weighted by molar-refractivity contribution is 5.80. The van der Waals surface area contributed by atoms with Crippen LogP contribution in [0.1, 0.15) is 30.9 Å². The Labute approximate surface area is 133 Å². The number of nitrogens with zero attached hydrogens (tertiary/aromatic N) is 2. The second kappa shape index (κ2) is 7.25. The van der Waals surface area contributed by atoms with Gasteiger partial charge in [-0.1, -0.05) is 30.3 Å². The van der Waals surface area contributed by atoms with E-state index in [2.05, 4.69) is 34.1 Å². The van der Waals surface area contributed by atoms with Gasteiger partial charge in [0.2, 0.25) is 5.91 Å². The second-order valence-corrected chi connectivity index (χ2v) is 6.38. The van der Waals surface area contributed by atoms with Crippen molar-refractivity contribution in [3.05, 3.63) is 35.9 Å². The zero-order chi connectivity index (χ0) is 15.4. The maximum absolute atomic E-state index is 12.9. The summed E-state index contributed by atoms with van der Waals surface area (Å²) in [6, 6.07) is 10.7. The summed E-state index contributed by atoms with van der Waals surface area (Å²) in [4.78, 5) is 17.4. The van der Waals surface area contributed by atoms with Crippen molar-refractivity contribution in [3.63, 3.8) is 0 Å². The van der Waals surface area contributed by atoms with Crippen LogP contribution in [0.4, 0.5) is 0 Å². The minimum Gasteiger partial charge on any atom is -0.383 e. The van der Waals surface area contributed by atoms with Gasteiger partial charge in [-0.05, 0) is 31.4 Å². The van der Waals surface area contributed by atoms with E-state index in [9.17, 15) is 4.79 Å². The molecule has 2 fully saturated rings. The van der Waals surface area contributed by atoms with Crippen LogP contribution in [0.15, 0.2) is 30.3 Å². The summed E-state index contributed by atoms with van der Waals surface area (Å²) in [5.41, 5.74) is 1.28. The molecule has 0 spiro atoms. The van der Waals surface area contributed by atoms with Gasteiger partial charge in [-0.2, -0.15) is 0 Å². The first-order valence-corrected chi connectivity index (χ1v) is 8.36. The van der Waals surface area contributed by atoms with E-state index in [1.165, 1.54) is 5.56 Å². The van der Waals surface area contributed by atoms with Crippen LogP contribution in [0.25, 0.3) is 0 Å². The van der Waals surface area contributed by atoms with Crippen LogP contribution < -0.4 is 0 Å². The van der Waals surface area contributed by atoms with Crippen molar-refractivity contribution in [2.24, 2.45) is 5.92 Å². The van der Waals surface area contributed by atoms with Gasteiger partial charge in [0.25, 0.3) is 0 Å². The number of rotatable bonds is 5. The van der Waals surface area contributed by atoms with E-state index in [0.29, 0.717) is 5.91 Å². The Morgan fingerprint density at radius 3 is 2.82 bits per heavy atom. The molecule has 2 aliphatic rings. The fraction of sp³-hybridized carbons (Fsp3) is 0.611. The van der Waals surface area contributed by atoms with Gasteiger partial charge in [-0.15, -0.1) is 0 Å². The van der Waals surface area contributed by atoms with Crippen molar-refractivity contribution >= 4 is 5.91 Å². The number of carbonyl (C=O) groups excluding carboxylic acids is 1. The smallest absolute Gasteiger partial charge is 0.227 e. The van der Waals surface area contributed by atoms with Crippen LogP contribution in [-0.2, 0) is 9.53 Å². The molecule has 3 rings (SSSR count). The van der Waals surface area contributed by atoms with Gasteiger partial charge >= 0.3 is 0 Å². The third-order valence-corrected chi connectivity index (χ3v) is 4.95. The molecule has 1 amide bonds. The van der Waals surface area contributed by atoms with Crippen LogP contribution in [-0.4, -0.2) is 55.6 Å². The number of carbonyl (C=O) groups is 1. The van der Waals surface area contributed by atoms with Crippen LogP contribution in [0.2, 0.25) is 0 Å². The summed E-state index contributed by atoms with van der Waals surface area (Å²) >= 11 is 0. The number of ether oxygens (including phenoxy) is 1. The van der Waals surface area contributed by atoms with E-state index in [4.69, 9.17) is 4.74 Å². The van der Waals surface area contributed by atoms with Gasteiger partial charge in [-0.25, -0.2) is 0 Å². The molecule has 4 nitrogen and oxygen atoms in total. The van der Waals surface area contributed by atoms with Crippen molar-refractivity contribution in [3.8, 4) is 0 Å². The second-order valence-electron chi connectivity index (χ2n) is 6.38. The minimum atomic E-state index is 0.168. The van der Waals surface area contributed by atoms with Crippen molar-refractivity contribution in [1.82, 2.24) is 9.80 Å². The van der Waals surface area contributed by atoms with Crippen LogP contribution >= 0.6 is 0 Å². The SMILES string of the molecule is COCCN1CC[C@@H](C(=O)N2CCC[C@@H]2c2ccccc2)C1. The van der Waals surface area contributed by atoms with E-state index in [-0.39, 0.29) is 12.0 Å². The molecule has 2 atom stereocenters. The summed E-state index contributed by atoms with van der Waals surface area (Å²) in [7, 11) is 1.73. The van der Waals surface area contributed by atoms with Crippen molar-refractivity contribution in [2.45, 2.75) is 25.3 Å². The lowest BCUT2D eigenvalue weighted by Crippen LogP contribution is -2.37. The molecule has 2 heterocycles. The molecule has 1 aromatic rings. The summed E-state index contributed by atoms with van der Waals surface area (Å²) in [6.45, 7) is 4.50. The Morgan fingerprint density at radius 1 is 1.23 bits per heavy atom. The Kier molecular flexibility index (Phi) is 5.11. The molecule has 0 aliphatic carbocycles. The van der Waals surface area contributed by atoms with Crippen LogP contribution in [0.5, 0.6) is 0 Å². The molecule has 0 unspecified atom stereocenters. The lowest BCUT2D eigenvalue weighted by Gasteiger charge is -2.28. The quantitative estimate of drug-likeness (QED) is 0.837. The molecule has 0 bridgehead atoms. The number of hydrogen-bond acceptors (Lipinski definition) is 3. The van der Waals surface area contributed by atoms with Crippen molar-refractivity contribution < 1.29 is 9.53 Å². The molecule has 120 valence electrons. The van der Waals surface area contributed by atoms with Crippen LogP contribution in [0, 0.1) is 5.92 Å². The number of likely N-dealkylation sites (tertiary alicyclic amines) is 2. The molecule has 4 heteroatoms. The first-order chi connectivity index (χ1) is 10.8. The summed E-state index contributed by atoms with van der Waals surface area (Å²) < 4.78 is 5.14. The summed E-state index contributed by atoms with van der Waals surface area (Å²) in [5.74, 6) is 0.521. The molecule has 22 heavy (non-hydrogen) atoms. The van der Waals surface area contributed by atoms with E-state index < -0.39 is 0 Å². The number of hydrogen-bond donors (Lipinski definition) is 0. The first kappa shape index (κ1) is 15.5. The molecule has 0 N–H and O–H groups in total. The fourth-order valence-electron chi connectivity index (χ4n) is 3.74. The molecular weight excluding hydrogens is 276 g/mol.